The summed E-state index contributed by atoms with van der Waals surface area (Å²) in [4.78, 5) is 28.9. The van der Waals surface area contributed by atoms with Crippen molar-refractivity contribution >= 4 is 22.2 Å². The molecule has 0 saturated carbocycles. The van der Waals surface area contributed by atoms with E-state index in [9.17, 15) is 14.7 Å². The molecule has 124 valence electrons. The molecule has 3 aromatic rings. The Morgan fingerprint density at radius 3 is 2.88 bits per heavy atom. The lowest BCUT2D eigenvalue weighted by Gasteiger charge is -2.14. The number of hydrogen-bond acceptors (Lipinski definition) is 5. The molecule has 0 unspecified atom stereocenters. The van der Waals surface area contributed by atoms with Crippen LogP contribution in [0.3, 0.4) is 0 Å². The van der Waals surface area contributed by atoms with Crippen LogP contribution < -0.4 is 10.9 Å². The third-order valence-corrected chi connectivity index (χ3v) is 4.52. The van der Waals surface area contributed by atoms with Gasteiger partial charge in [0.15, 0.2) is 10.5 Å². The van der Waals surface area contributed by atoms with Gasteiger partial charge in [0, 0.05) is 17.6 Å². The quantitative estimate of drug-likeness (QED) is 0.744. The number of amides is 1. The number of nitrogens with one attached hydrogen (secondary N) is 1. The molecule has 2 N–H and O–H groups in total. The maximum absolute atomic E-state index is 12.4. The van der Waals surface area contributed by atoms with Gasteiger partial charge in [-0.2, -0.15) is 4.98 Å². The SMILES string of the molecule is C[C@H](CCc1ccccc1)NC(=O)c1c(O)nc2sccn2c1=O. The molecule has 3 rings (SSSR count). The van der Waals surface area contributed by atoms with E-state index in [2.05, 4.69) is 10.3 Å². The van der Waals surface area contributed by atoms with Gasteiger partial charge in [0.2, 0.25) is 5.88 Å². The van der Waals surface area contributed by atoms with Crippen LogP contribution in [0, 0.1) is 0 Å². The number of thiazole rings is 1. The van der Waals surface area contributed by atoms with Crippen molar-refractivity contribution in [1.82, 2.24) is 14.7 Å². The number of carbonyl (C=O) groups excluding carboxylic acids is 1. The van der Waals surface area contributed by atoms with Gasteiger partial charge in [-0.05, 0) is 25.3 Å². The van der Waals surface area contributed by atoms with Gasteiger partial charge in [-0.1, -0.05) is 30.3 Å². The molecule has 0 aliphatic heterocycles. The Bertz CT molecular complexity index is 918. The average Bonchev–Trinajstić information content (AvgIpc) is 3.02. The fourth-order valence-electron chi connectivity index (χ4n) is 2.46. The molecule has 6 nitrogen and oxygen atoms in total. The number of benzene rings is 1. The lowest BCUT2D eigenvalue weighted by molar-refractivity contribution is 0.0933. The third-order valence-electron chi connectivity index (χ3n) is 3.76. The van der Waals surface area contributed by atoms with Crippen molar-refractivity contribution in [2.45, 2.75) is 25.8 Å². The summed E-state index contributed by atoms with van der Waals surface area (Å²) in [7, 11) is 0. The Balaban J connectivity index is 1.71. The van der Waals surface area contributed by atoms with E-state index in [4.69, 9.17) is 0 Å². The Kier molecular flexibility index (Phi) is 4.61. The second-order valence-electron chi connectivity index (χ2n) is 5.57. The molecule has 0 spiro atoms. The summed E-state index contributed by atoms with van der Waals surface area (Å²) in [5.41, 5.74) is 0.298. The monoisotopic (exact) mass is 343 g/mol. The molecule has 2 aromatic heterocycles. The van der Waals surface area contributed by atoms with Crippen molar-refractivity contribution in [2.24, 2.45) is 0 Å². The molecule has 0 aliphatic carbocycles. The van der Waals surface area contributed by atoms with Crippen LogP contribution in [-0.2, 0) is 6.42 Å². The Labute approximate surface area is 142 Å². The van der Waals surface area contributed by atoms with Crippen molar-refractivity contribution in [3.05, 3.63) is 63.4 Å². The second kappa shape index (κ2) is 6.84. The number of aromatic nitrogens is 2. The predicted octanol–water partition coefficient (Wildman–Crippen LogP) is 2.21. The van der Waals surface area contributed by atoms with Crippen molar-refractivity contribution < 1.29 is 9.90 Å². The first-order valence-corrected chi connectivity index (χ1v) is 8.48. The maximum Gasteiger partial charge on any atom is 0.275 e. The van der Waals surface area contributed by atoms with E-state index in [1.54, 1.807) is 5.38 Å². The normalized spacial score (nSPS) is 12.2. The van der Waals surface area contributed by atoms with Gasteiger partial charge < -0.3 is 10.4 Å². The summed E-state index contributed by atoms with van der Waals surface area (Å²) < 4.78 is 1.26. The minimum atomic E-state index is -0.605. The molecule has 2 heterocycles. The summed E-state index contributed by atoms with van der Waals surface area (Å²) in [5, 5.41) is 14.4. The van der Waals surface area contributed by atoms with E-state index in [1.807, 2.05) is 37.3 Å². The molecule has 0 bridgehead atoms. The summed E-state index contributed by atoms with van der Waals surface area (Å²) in [5.74, 6) is -1.14. The van der Waals surface area contributed by atoms with E-state index in [-0.39, 0.29) is 11.6 Å². The van der Waals surface area contributed by atoms with Crippen LogP contribution in [0.2, 0.25) is 0 Å². The minimum Gasteiger partial charge on any atom is -0.492 e. The minimum absolute atomic E-state index is 0.139. The molecule has 0 saturated heterocycles. The highest BCUT2D eigenvalue weighted by molar-refractivity contribution is 7.15. The smallest absolute Gasteiger partial charge is 0.275 e. The van der Waals surface area contributed by atoms with E-state index < -0.39 is 17.3 Å². The molecule has 0 fully saturated rings. The van der Waals surface area contributed by atoms with Crippen LogP contribution in [0.25, 0.3) is 4.96 Å². The second-order valence-corrected chi connectivity index (χ2v) is 6.44. The summed E-state index contributed by atoms with van der Waals surface area (Å²) in [6, 6.07) is 9.82. The molecular weight excluding hydrogens is 326 g/mol. The fraction of sp³-hybridized carbons (Fsp3) is 0.235. The standard InChI is InChI=1S/C17H17N3O3S/c1-11(7-8-12-5-3-2-4-6-12)18-14(21)13-15(22)19-17-20(16(13)23)9-10-24-17/h2-6,9-11,22H,7-8H2,1H3,(H,18,21)/t11-/m1/s1. The Hall–Kier alpha value is -2.67. The molecule has 24 heavy (non-hydrogen) atoms. The van der Waals surface area contributed by atoms with Crippen LogP contribution >= 0.6 is 11.3 Å². The van der Waals surface area contributed by atoms with Crippen molar-refractivity contribution in [3.63, 3.8) is 0 Å². The average molecular weight is 343 g/mol. The van der Waals surface area contributed by atoms with Crippen LogP contribution in [0.1, 0.15) is 29.3 Å². The molecule has 1 atom stereocenters. The first-order valence-electron chi connectivity index (χ1n) is 7.60. The first kappa shape index (κ1) is 16.2. The van der Waals surface area contributed by atoms with Gasteiger partial charge in [-0.3, -0.25) is 14.0 Å². The highest BCUT2D eigenvalue weighted by atomic mass is 32.1. The van der Waals surface area contributed by atoms with Gasteiger partial charge in [0.05, 0.1) is 0 Å². The number of fused-ring (bicyclic) bond motifs is 1. The van der Waals surface area contributed by atoms with E-state index in [0.717, 1.165) is 12.8 Å². The lowest BCUT2D eigenvalue weighted by Crippen LogP contribution is -2.37. The van der Waals surface area contributed by atoms with Gasteiger partial charge in [-0.15, -0.1) is 11.3 Å². The predicted molar refractivity (Wildman–Crippen MR) is 92.7 cm³/mol. The zero-order valence-corrected chi connectivity index (χ0v) is 13.9. The van der Waals surface area contributed by atoms with Gasteiger partial charge in [0.25, 0.3) is 11.5 Å². The highest BCUT2D eigenvalue weighted by Gasteiger charge is 2.21. The van der Waals surface area contributed by atoms with Gasteiger partial charge in [-0.25, -0.2) is 0 Å². The molecule has 0 aliphatic rings. The van der Waals surface area contributed by atoms with Crippen LogP contribution in [0.15, 0.2) is 46.7 Å². The first-order chi connectivity index (χ1) is 11.6. The summed E-state index contributed by atoms with van der Waals surface area (Å²) in [6.45, 7) is 1.87. The number of hydrogen-bond donors (Lipinski definition) is 2. The number of rotatable bonds is 5. The van der Waals surface area contributed by atoms with E-state index in [0.29, 0.717) is 4.96 Å². The number of aryl methyl sites for hydroxylation is 1. The summed E-state index contributed by atoms with van der Waals surface area (Å²) in [6.07, 6.45) is 3.07. The lowest BCUT2D eigenvalue weighted by atomic mass is 10.1. The molecule has 1 amide bonds. The Morgan fingerprint density at radius 1 is 1.38 bits per heavy atom. The van der Waals surface area contributed by atoms with E-state index in [1.165, 1.54) is 27.5 Å². The highest BCUT2D eigenvalue weighted by Crippen LogP contribution is 2.15. The summed E-state index contributed by atoms with van der Waals surface area (Å²) >= 11 is 1.22. The Morgan fingerprint density at radius 2 is 2.12 bits per heavy atom. The van der Waals surface area contributed by atoms with Gasteiger partial charge in [0.1, 0.15) is 0 Å². The molecule has 7 heteroatoms. The van der Waals surface area contributed by atoms with Crippen LogP contribution in [-0.4, -0.2) is 26.4 Å². The largest absolute Gasteiger partial charge is 0.492 e. The topological polar surface area (TPSA) is 83.7 Å². The number of carbonyl (C=O) groups is 1. The van der Waals surface area contributed by atoms with Gasteiger partial charge >= 0.3 is 0 Å². The maximum atomic E-state index is 12.4. The number of nitrogens with zero attached hydrogens (tertiary/aromatic N) is 2. The zero-order chi connectivity index (χ0) is 17.1. The third kappa shape index (κ3) is 3.30. The number of aromatic hydroxyl groups is 1. The molecular formula is C17H17N3O3S. The van der Waals surface area contributed by atoms with Crippen LogP contribution in [0.4, 0.5) is 0 Å². The van der Waals surface area contributed by atoms with E-state index >= 15 is 0 Å². The fourth-order valence-corrected chi connectivity index (χ4v) is 3.17. The zero-order valence-electron chi connectivity index (χ0n) is 13.1. The molecule has 1 aromatic carbocycles. The van der Waals surface area contributed by atoms with Crippen molar-refractivity contribution in [2.75, 3.05) is 0 Å². The van der Waals surface area contributed by atoms with Crippen molar-refractivity contribution in [3.8, 4) is 5.88 Å². The molecule has 0 radical (unpaired) electrons. The van der Waals surface area contributed by atoms with Crippen LogP contribution in [0.5, 0.6) is 5.88 Å². The van der Waals surface area contributed by atoms with Crippen molar-refractivity contribution in [1.29, 1.82) is 0 Å².